The summed E-state index contributed by atoms with van der Waals surface area (Å²) in [4.78, 5) is 0. The monoisotopic (exact) mass is 277 g/mol. The van der Waals surface area contributed by atoms with Gasteiger partial charge in [0.25, 0.3) is 0 Å². The molecule has 1 N–H and O–H groups in total. The molecule has 3 nitrogen and oxygen atoms in total. The van der Waals surface area contributed by atoms with E-state index in [0.29, 0.717) is 0 Å². The topological polar surface area (TPSA) is 29.9 Å². The number of aryl methyl sites for hydroxylation is 2. The second-order valence-corrected chi connectivity index (χ2v) is 5.26. The van der Waals surface area contributed by atoms with Crippen LogP contribution in [-0.2, 0) is 6.54 Å². The molecular formula is C15H20ClN3. The van der Waals surface area contributed by atoms with E-state index >= 15 is 0 Å². The van der Waals surface area contributed by atoms with Crippen LogP contribution in [-0.4, -0.2) is 16.8 Å². The SMILES string of the molecule is CCCn1cc(C(NC)c2cc(C)cc(Cl)c2)cn1. The van der Waals surface area contributed by atoms with Crippen LogP contribution in [0, 0.1) is 6.92 Å². The number of halogens is 1. The summed E-state index contributed by atoms with van der Waals surface area (Å²) in [5, 5.41) is 8.50. The molecule has 2 aromatic rings. The lowest BCUT2D eigenvalue weighted by atomic mass is 10.00. The smallest absolute Gasteiger partial charge is 0.0606 e. The molecule has 0 spiro atoms. The van der Waals surface area contributed by atoms with Crippen molar-refractivity contribution in [2.75, 3.05) is 7.05 Å². The van der Waals surface area contributed by atoms with Gasteiger partial charge in [-0.05, 0) is 43.7 Å². The van der Waals surface area contributed by atoms with Gasteiger partial charge in [0, 0.05) is 23.3 Å². The molecule has 0 fully saturated rings. The lowest BCUT2D eigenvalue weighted by molar-refractivity contribution is 0.600. The molecule has 0 aliphatic rings. The Bertz CT molecular complexity index is 528. The predicted molar refractivity (Wildman–Crippen MR) is 79.6 cm³/mol. The van der Waals surface area contributed by atoms with Gasteiger partial charge in [0.2, 0.25) is 0 Å². The number of hydrogen-bond donors (Lipinski definition) is 1. The summed E-state index contributed by atoms with van der Waals surface area (Å²) in [6.45, 7) is 5.16. The van der Waals surface area contributed by atoms with Gasteiger partial charge in [0.05, 0.1) is 12.2 Å². The first-order valence-corrected chi connectivity index (χ1v) is 6.98. The third-order valence-corrected chi connectivity index (χ3v) is 3.34. The van der Waals surface area contributed by atoms with Crippen LogP contribution in [0.5, 0.6) is 0 Å². The molecule has 1 heterocycles. The van der Waals surface area contributed by atoms with Crippen LogP contribution >= 0.6 is 11.6 Å². The van der Waals surface area contributed by atoms with Crippen molar-refractivity contribution in [2.45, 2.75) is 32.9 Å². The molecule has 0 bridgehead atoms. The average molecular weight is 278 g/mol. The van der Waals surface area contributed by atoms with Gasteiger partial charge in [-0.25, -0.2) is 0 Å². The maximum atomic E-state index is 6.14. The fourth-order valence-electron chi connectivity index (χ4n) is 2.34. The molecule has 1 aromatic heterocycles. The molecule has 0 amide bonds. The summed E-state index contributed by atoms with van der Waals surface area (Å²) >= 11 is 6.14. The Labute approximate surface area is 119 Å². The second kappa shape index (κ2) is 6.22. The van der Waals surface area contributed by atoms with Crippen LogP contribution in [0.3, 0.4) is 0 Å². The maximum Gasteiger partial charge on any atom is 0.0606 e. The number of aromatic nitrogens is 2. The van der Waals surface area contributed by atoms with Gasteiger partial charge in [-0.3, -0.25) is 4.68 Å². The fourth-order valence-corrected chi connectivity index (χ4v) is 2.64. The van der Waals surface area contributed by atoms with Crippen LogP contribution in [0.2, 0.25) is 5.02 Å². The zero-order valence-electron chi connectivity index (χ0n) is 11.7. The van der Waals surface area contributed by atoms with Crippen LogP contribution < -0.4 is 5.32 Å². The van der Waals surface area contributed by atoms with Gasteiger partial charge in [-0.15, -0.1) is 0 Å². The fraction of sp³-hybridized carbons (Fsp3) is 0.400. The summed E-state index contributed by atoms with van der Waals surface area (Å²) in [5.74, 6) is 0. The Morgan fingerprint density at radius 2 is 2.11 bits per heavy atom. The van der Waals surface area contributed by atoms with E-state index in [2.05, 4.69) is 36.5 Å². The molecule has 1 unspecified atom stereocenters. The zero-order valence-corrected chi connectivity index (χ0v) is 12.4. The molecule has 0 aliphatic heterocycles. The van der Waals surface area contributed by atoms with Gasteiger partial charge in [0.1, 0.15) is 0 Å². The van der Waals surface area contributed by atoms with Crippen LogP contribution in [0.4, 0.5) is 0 Å². The number of nitrogens with one attached hydrogen (secondary N) is 1. The van der Waals surface area contributed by atoms with Crippen LogP contribution in [0.25, 0.3) is 0 Å². The Kier molecular flexibility index (Phi) is 4.61. The highest BCUT2D eigenvalue weighted by Crippen LogP contribution is 2.25. The second-order valence-electron chi connectivity index (χ2n) is 4.82. The van der Waals surface area contributed by atoms with Gasteiger partial charge in [-0.1, -0.05) is 24.6 Å². The minimum atomic E-state index is 0.128. The molecular weight excluding hydrogens is 258 g/mol. The van der Waals surface area contributed by atoms with Crippen molar-refractivity contribution in [3.8, 4) is 0 Å². The summed E-state index contributed by atoms with van der Waals surface area (Å²) in [5.41, 5.74) is 3.50. The first-order chi connectivity index (χ1) is 9.13. The van der Waals surface area contributed by atoms with Crippen LogP contribution in [0.1, 0.15) is 36.1 Å². The molecule has 0 saturated carbocycles. The quantitative estimate of drug-likeness (QED) is 0.906. The number of nitrogens with zero attached hydrogens (tertiary/aromatic N) is 2. The molecule has 4 heteroatoms. The standard InChI is InChI=1S/C15H20ClN3/c1-4-5-19-10-13(9-18-19)15(17-3)12-6-11(2)7-14(16)8-12/h6-10,15,17H,4-5H2,1-3H3. The van der Waals surface area contributed by atoms with Gasteiger partial charge in [-0.2, -0.15) is 5.10 Å². The lowest BCUT2D eigenvalue weighted by Crippen LogP contribution is -2.17. The van der Waals surface area contributed by atoms with Crippen molar-refractivity contribution >= 4 is 11.6 Å². The Morgan fingerprint density at radius 3 is 2.74 bits per heavy atom. The van der Waals surface area contributed by atoms with E-state index in [1.807, 2.05) is 30.1 Å². The summed E-state index contributed by atoms with van der Waals surface area (Å²) in [6.07, 6.45) is 5.11. The third-order valence-electron chi connectivity index (χ3n) is 3.13. The highest BCUT2D eigenvalue weighted by Gasteiger charge is 2.14. The number of hydrogen-bond acceptors (Lipinski definition) is 2. The summed E-state index contributed by atoms with van der Waals surface area (Å²) < 4.78 is 1.98. The Morgan fingerprint density at radius 1 is 1.32 bits per heavy atom. The largest absolute Gasteiger partial charge is 0.309 e. The highest BCUT2D eigenvalue weighted by atomic mass is 35.5. The van der Waals surface area contributed by atoms with Gasteiger partial charge >= 0.3 is 0 Å². The summed E-state index contributed by atoms with van der Waals surface area (Å²) in [6, 6.07) is 6.26. The van der Waals surface area contributed by atoms with Crippen molar-refractivity contribution in [1.29, 1.82) is 0 Å². The Balaban J connectivity index is 2.32. The lowest BCUT2D eigenvalue weighted by Gasteiger charge is -2.16. The third kappa shape index (κ3) is 3.37. The van der Waals surface area contributed by atoms with E-state index < -0.39 is 0 Å². The van der Waals surface area contributed by atoms with Crippen molar-refractivity contribution < 1.29 is 0 Å². The first-order valence-electron chi connectivity index (χ1n) is 6.60. The minimum Gasteiger partial charge on any atom is -0.309 e. The van der Waals surface area contributed by atoms with Crippen molar-refractivity contribution in [2.24, 2.45) is 0 Å². The van der Waals surface area contributed by atoms with Crippen LogP contribution in [0.15, 0.2) is 30.6 Å². The van der Waals surface area contributed by atoms with E-state index in [-0.39, 0.29) is 6.04 Å². The van der Waals surface area contributed by atoms with E-state index in [4.69, 9.17) is 11.6 Å². The Hall–Kier alpha value is -1.32. The van der Waals surface area contributed by atoms with E-state index in [1.165, 1.54) is 11.1 Å². The summed E-state index contributed by atoms with van der Waals surface area (Å²) in [7, 11) is 1.96. The molecule has 1 aromatic carbocycles. The molecule has 1 atom stereocenters. The molecule has 0 saturated heterocycles. The van der Waals surface area contributed by atoms with Crippen molar-refractivity contribution in [3.05, 3.63) is 52.3 Å². The van der Waals surface area contributed by atoms with E-state index in [9.17, 15) is 0 Å². The average Bonchev–Trinajstić information content (AvgIpc) is 2.78. The van der Waals surface area contributed by atoms with Gasteiger partial charge < -0.3 is 5.32 Å². The minimum absolute atomic E-state index is 0.128. The maximum absolute atomic E-state index is 6.14. The highest BCUT2D eigenvalue weighted by molar-refractivity contribution is 6.30. The normalized spacial score (nSPS) is 12.6. The van der Waals surface area contributed by atoms with Gasteiger partial charge in [0.15, 0.2) is 0 Å². The van der Waals surface area contributed by atoms with E-state index in [0.717, 1.165) is 23.6 Å². The molecule has 2 rings (SSSR count). The number of benzene rings is 1. The molecule has 19 heavy (non-hydrogen) atoms. The number of rotatable bonds is 5. The zero-order chi connectivity index (χ0) is 13.8. The first kappa shape index (κ1) is 14.1. The van der Waals surface area contributed by atoms with E-state index in [1.54, 1.807) is 0 Å². The van der Waals surface area contributed by atoms with Crippen molar-refractivity contribution in [3.63, 3.8) is 0 Å². The molecule has 0 aliphatic carbocycles. The molecule has 102 valence electrons. The molecule has 0 radical (unpaired) electrons. The predicted octanol–water partition coefficient (Wildman–Crippen LogP) is 3.56. The van der Waals surface area contributed by atoms with Crippen molar-refractivity contribution in [1.82, 2.24) is 15.1 Å².